The van der Waals surface area contributed by atoms with E-state index in [4.69, 9.17) is 18.5 Å². The second-order valence-electron chi connectivity index (χ2n) is 15.9. The van der Waals surface area contributed by atoms with E-state index in [2.05, 4.69) is 74.6 Å². The molecular weight excluding hydrogens is 803 g/mol. The van der Waals surface area contributed by atoms with E-state index in [0.29, 0.717) is 12.8 Å². The summed E-state index contributed by atoms with van der Waals surface area (Å²) in [5.41, 5.74) is 0. The zero-order valence-corrected chi connectivity index (χ0v) is 38.1. The van der Waals surface area contributed by atoms with Crippen LogP contribution in [0.1, 0.15) is 168 Å². The van der Waals surface area contributed by atoms with Crippen LogP contribution in [-0.4, -0.2) is 98.3 Å². The van der Waals surface area contributed by atoms with Gasteiger partial charge in [-0.2, -0.15) is 0 Å². The quantitative estimate of drug-likeness (QED) is 0.0149. The first-order chi connectivity index (χ1) is 29.4. The number of rotatable bonds is 37. The van der Waals surface area contributed by atoms with Crippen molar-refractivity contribution in [3.05, 3.63) is 60.8 Å². The van der Waals surface area contributed by atoms with E-state index in [1.165, 1.54) is 19.3 Å². The highest BCUT2D eigenvalue weighted by molar-refractivity contribution is 7.47. The zero-order chi connectivity index (χ0) is 45.0. The normalized spacial score (nSPS) is 22.6. The van der Waals surface area contributed by atoms with Gasteiger partial charge in [-0.3, -0.25) is 18.6 Å². The summed E-state index contributed by atoms with van der Waals surface area (Å²) in [5.74, 6) is -1.13. The van der Waals surface area contributed by atoms with Crippen molar-refractivity contribution in [3.8, 4) is 0 Å². The number of phosphoric ester groups is 1. The van der Waals surface area contributed by atoms with Gasteiger partial charge in [-0.1, -0.05) is 139 Å². The van der Waals surface area contributed by atoms with Gasteiger partial charge in [0.15, 0.2) is 6.10 Å². The molecule has 0 spiro atoms. The number of hydrogen-bond acceptors (Lipinski definition) is 12. The fourth-order valence-electron chi connectivity index (χ4n) is 6.62. The van der Waals surface area contributed by atoms with E-state index in [0.717, 1.165) is 109 Å². The average molecular weight is 885 g/mol. The number of allylic oxidation sites excluding steroid dienone is 10. The Bertz CT molecular complexity index is 1300. The minimum absolute atomic E-state index is 0.0729. The van der Waals surface area contributed by atoms with E-state index in [1.54, 1.807) is 0 Å². The first-order valence-electron chi connectivity index (χ1n) is 23.1. The topological polar surface area (TPSA) is 210 Å². The molecule has 0 aromatic heterocycles. The number of unbranched alkanes of at least 4 members (excludes halogenated alkanes) is 15. The molecule has 0 amide bonds. The summed E-state index contributed by atoms with van der Waals surface area (Å²) in [4.78, 5) is 35.7. The lowest BCUT2D eigenvalue weighted by Gasteiger charge is -2.41. The van der Waals surface area contributed by atoms with Gasteiger partial charge in [-0.05, 0) is 77.0 Å². The maximum atomic E-state index is 12.8. The number of esters is 2. The van der Waals surface area contributed by atoms with Gasteiger partial charge in [0.25, 0.3) is 0 Å². The minimum Gasteiger partial charge on any atom is -0.462 e. The van der Waals surface area contributed by atoms with Crippen molar-refractivity contribution in [1.29, 1.82) is 0 Å². The largest absolute Gasteiger partial charge is 0.472 e. The van der Waals surface area contributed by atoms with Gasteiger partial charge in [0.05, 0.1) is 6.61 Å². The molecule has 1 fully saturated rings. The van der Waals surface area contributed by atoms with Crippen LogP contribution in [-0.2, 0) is 32.7 Å². The van der Waals surface area contributed by atoms with Gasteiger partial charge in [0.1, 0.15) is 43.2 Å². The number of carbonyl (C=O) groups excluding carboxylic acids is 2. The Hall–Kier alpha value is -2.45. The van der Waals surface area contributed by atoms with Crippen molar-refractivity contribution in [3.63, 3.8) is 0 Å². The number of aliphatic hydroxyl groups excluding tert-OH is 5. The van der Waals surface area contributed by atoms with Gasteiger partial charge >= 0.3 is 19.8 Å². The van der Waals surface area contributed by atoms with E-state index in [-0.39, 0.29) is 12.8 Å². The molecule has 0 radical (unpaired) electrons. The summed E-state index contributed by atoms with van der Waals surface area (Å²) < 4.78 is 33.5. The van der Waals surface area contributed by atoms with Gasteiger partial charge in [0.2, 0.25) is 0 Å². The fraction of sp³-hybridized carbons (Fsp3) is 0.745. The van der Waals surface area contributed by atoms with E-state index in [1.807, 2.05) is 0 Å². The van der Waals surface area contributed by atoms with E-state index < -0.39 is 75.7 Å². The number of aliphatic hydroxyl groups is 5. The molecule has 0 aromatic rings. The lowest BCUT2D eigenvalue weighted by atomic mass is 9.85. The highest BCUT2D eigenvalue weighted by atomic mass is 31.2. The molecule has 0 aliphatic heterocycles. The van der Waals surface area contributed by atoms with Crippen LogP contribution in [0.2, 0.25) is 0 Å². The maximum absolute atomic E-state index is 12.8. The van der Waals surface area contributed by atoms with Crippen LogP contribution in [0, 0.1) is 0 Å². The third kappa shape index (κ3) is 29.5. The number of carbonyl (C=O) groups is 2. The molecule has 61 heavy (non-hydrogen) atoms. The second-order valence-corrected chi connectivity index (χ2v) is 17.3. The van der Waals surface area contributed by atoms with Crippen molar-refractivity contribution >= 4 is 19.8 Å². The molecule has 1 saturated carbocycles. The third-order valence-corrected chi connectivity index (χ3v) is 11.3. The SMILES string of the molecule is CC/C=C\C/C=C\C/C=C\CCCCCCCC(=O)OC(COC(=O)CCCCCCCCC/C=C\C/C=C\CCCCC)COP(=O)(O)OC1C(O)C(O)C(O)C(O)C1O. The van der Waals surface area contributed by atoms with Crippen LogP contribution in [0.15, 0.2) is 60.8 Å². The molecule has 6 N–H and O–H groups in total. The van der Waals surface area contributed by atoms with E-state index >= 15 is 0 Å². The molecule has 13 nitrogen and oxygen atoms in total. The smallest absolute Gasteiger partial charge is 0.462 e. The van der Waals surface area contributed by atoms with Crippen LogP contribution in [0.25, 0.3) is 0 Å². The Morgan fingerprint density at radius 1 is 0.525 bits per heavy atom. The Morgan fingerprint density at radius 3 is 1.43 bits per heavy atom. The van der Waals surface area contributed by atoms with Crippen LogP contribution >= 0.6 is 7.82 Å². The monoisotopic (exact) mass is 885 g/mol. The lowest BCUT2D eigenvalue weighted by molar-refractivity contribution is -0.220. The van der Waals surface area contributed by atoms with Gasteiger partial charge in [-0.25, -0.2) is 4.57 Å². The Labute approximate surface area is 366 Å². The summed E-state index contributed by atoms with van der Waals surface area (Å²) in [6.45, 7) is 3.13. The molecule has 0 aromatic carbocycles. The van der Waals surface area contributed by atoms with Crippen LogP contribution in [0.3, 0.4) is 0 Å². The first-order valence-corrected chi connectivity index (χ1v) is 24.6. The summed E-state index contributed by atoms with van der Waals surface area (Å²) in [7, 11) is -5.13. The molecule has 352 valence electrons. The standard InChI is InChI=1S/C47H81O13P/c1-3-5-7-9-11-13-15-17-19-20-22-23-25-27-29-31-33-35-40(48)57-37-39(38-58-61(55,56)60-47-45(53)43(51)42(50)44(52)46(47)54)59-41(49)36-34-32-30-28-26-24-21-18-16-14-12-10-8-6-4-2/h6,8,11-14,17-19,21,39,42-47,50-54H,3-5,7,9-10,15-16,20,22-38H2,1-2H3,(H,55,56)/b8-6-,13-11-,14-12-,19-17-,21-18-. The summed E-state index contributed by atoms with van der Waals surface area (Å²) in [6.07, 6.45) is 31.3. The highest BCUT2D eigenvalue weighted by Crippen LogP contribution is 2.47. The average Bonchev–Trinajstić information content (AvgIpc) is 3.24. The van der Waals surface area contributed by atoms with Crippen LogP contribution in [0.5, 0.6) is 0 Å². The molecule has 6 atom stereocenters. The summed E-state index contributed by atoms with van der Waals surface area (Å²) >= 11 is 0. The van der Waals surface area contributed by atoms with Crippen LogP contribution in [0.4, 0.5) is 0 Å². The Morgan fingerprint density at radius 2 is 0.934 bits per heavy atom. The molecule has 14 heteroatoms. The van der Waals surface area contributed by atoms with Gasteiger partial charge in [0, 0.05) is 12.8 Å². The molecule has 0 heterocycles. The molecule has 0 bridgehead atoms. The number of phosphoric acid groups is 1. The highest BCUT2D eigenvalue weighted by Gasteiger charge is 2.51. The van der Waals surface area contributed by atoms with Crippen LogP contribution < -0.4 is 0 Å². The predicted octanol–water partition coefficient (Wildman–Crippen LogP) is 8.94. The Balaban J connectivity index is 2.47. The third-order valence-electron chi connectivity index (χ3n) is 10.3. The van der Waals surface area contributed by atoms with Crippen molar-refractivity contribution in [2.75, 3.05) is 13.2 Å². The summed E-state index contributed by atoms with van der Waals surface area (Å²) in [6, 6.07) is 0. The van der Waals surface area contributed by atoms with Crippen molar-refractivity contribution < 1.29 is 63.1 Å². The number of ether oxygens (including phenoxy) is 2. The molecule has 1 aliphatic carbocycles. The molecule has 1 aliphatic rings. The molecule has 1 rings (SSSR count). The fourth-order valence-corrected chi connectivity index (χ4v) is 7.60. The molecule has 0 saturated heterocycles. The van der Waals surface area contributed by atoms with Gasteiger partial charge in [-0.15, -0.1) is 0 Å². The first kappa shape index (κ1) is 56.6. The number of hydrogen-bond donors (Lipinski definition) is 6. The predicted molar refractivity (Wildman–Crippen MR) is 239 cm³/mol. The van der Waals surface area contributed by atoms with Crippen molar-refractivity contribution in [2.24, 2.45) is 0 Å². The van der Waals surface area contributed by atoms with Gasteiger partial charge < -0.3 is 39.9 Å². The summed E-state index contributed by atoms with van der Waals surface area (Å²) in [5, 5.41) is 50.1. The molecular formula is C47H81O13P. The van der Waals surface area contributed by atoms with Crippen molar-refractivity contribution in [2.45, 2.75) is 211 Å². The minimum atomic E-state index is -5.13. The second kappa shape index (κ2) is 37.0. The lowest BCUT2D eigenvalue weighted by Crippen LogP contribution is -2.64. The van der Waals surface area contributed by atoms with Crippen molar-refractivity contribution in [1.82, 2.24) is 0 Å². The van der Waals surface area contributed by atoms with E-state index in [9.17, 15) is 44.6 Å². The maximum Gasteiger partial charge on any atom is 0.472 e. The Kier molecular flexibility index (Phi) is 34.3. The zero-order valence-electron chi connectivity index (χ0n) is 37.2. The molecule has 6 unspecified atom stereocenters.